The third-order valence-corrected chi connectivity index (χ3v) is 3.28. The lowest BCUT2D eigenvalue weighted by molar-refractivity contribution is 0.288. The summed E-state index contributed by atoms with van der Waals surface area (Å²) in [6.45, 7) is 3.94. The molecule has 0 N–H and O–H groups in total. The van der Waals surface area contributed by atoms with Gasteiger partial charge in [-0.05, 0) is 12.1 Å². The van der Waals surface area contributed by atoms with Crippen molar-refractivity contribution in [1.82, 2.24) is 4.90 Å². The number of para-hydroxylation sites is 1. The first kappa shape index (κ1) is 13.0. The highest BCUT2D eigenvalue weighted by Crippen LogP contribution is 2.25. The number of benzene rings is 1. The highest BCUT2D eigenvalue weighted by Gasteiger charge is 2.21. The molecule has 0 unspecified atom stereocenters. The average Bonchev–Trinajstić information content (AvgIpc) is 2.47. The van der Waals surface area contributed by atoms with Crippen molar-refractivity contribution in [3.05, 3.63) is 29.3 Å². The van der Waals surface area contributed by atoms with Crippen molar-refractivity contribution in [1.29, 1.82) is 10.5 Å². The lowest BCUT2D eigenvalue weighted by Gasteiger charge is -2.35. The maximum atomic E-state index is 9.18. The zero-order chi connectivity index (χ0) is 13.7. The quantitative estimate of drug-likeness (QED) is 0.740. The molecule has 94 valence electrons. The molecule has 4 heteroatoms. The summed E-state index contributed by atoms with van der Waals surface area (Å²) in [7, 11) is 0. The summed E-state index contributed by atoms with van der Waals surface area (Å²) >= 11 is 0. The molecule has 0 radical (unpaired) electrons. The van der Waals surface area contributed by atoms with Gasteiger partial charge in [0.05, 0.1) is 23.4 Å². The van der Waals surface area contributed by atoms with Crippen LogP contribution in [-0.4, -0.2) is 37.6 Å². The molecule has 1 fully saturated rings. The molecule has 0 atom stereocenters. The fourth-order valence-electron chi connectivity index (χ4n) is 2.32. The normalized spacial score (nSPS) is 15.3. The lowest BCUT2D eigenvalue weighted by Crippen LogP contribution is -2.46. The van der Waals surface area contributed by atoms with Crippen LogP contribution in [0, 0.1) is 35.0 Å². The van der Waals surface area contributed by atoms with E-state index in [0.29, 0.717) is 17.7 Å². The number of rotatable bonds is 2. The van der Waals surface area contributed by atoms with Crippen molar-refractivity contribution < 1.29 is 0 Å². The molecule has 0 spiro atoms. The van der Waals surface area contributed by atoms with Gasteiger partial charge in [0, 0.05) is 26.2 Å². The summed E-state index contributed by atoms with van der Waals surface area (Å²) < 4.78 is 0. The van der Waals surface area contributed by atoms with Crippen molar-refractivity contribution in [2.45, 2.75) is 0 Å². The van der Waals surface area contributed by atoms with Crippen molar-refractivity contribution >= 4 is 5.69 Å². The van der Waals surface area contributed by atoms with E-state index in [1.165, 1.54) is 0 Å². The molecule has 1 aromatic carbocycles. The molecule has 0 aromatic heterocycles. The van der Waals surface area contributed by atoms with E-state index in [0.717, 1.165) is 31.9 Å². The molecule has 1 heterocycles. The van der Waals surface area contributed by atoms with Crippen LogP contribution in [-0.2, 0) is 0 Å². The zero-order valence-electron chi connectivity index (χ0n) is 10.6. The minimum atomic E-state index is 0.560. The Balaban J connectivity index is 2.23. The van der Waals surface area contributed by atoms with Crippen LogP contribution < -0.4 is 4.90 Å². The summed E-state index contributed by atoms with van der Waals surface area (Å²) in [5.41, 5.74) is 1.88. The second-order valence-corrected chi connectivity index (χ2v) is 4.39. The first-order chi connectivity index (χ1) is 9.30. The highest BCUT2D eigenvalue weighted by molar-refractivity contribution is 5.68. The number of hydrogen-bond donors (Lipinski definition) is 0. The number of piperazine rings is 1. The summed E-state index contributed by atoms with van der Waals surface area (Å²) in [5.74, 6) is 2.64. The third kappa shape index (κ3) is 2.68. The van der Waals surface area contributed by atoms with Crippen LogP contribution in [0.2, 0.25) is 0 Å². The topological polar surface area (TPSA) is 54.1 Å². The Morgan fingerprint density at radius 2 is 1.63 bits per heavy atom. The largest absolute Gasteiger partial charge is 0.367 e. The van der Waals surface area contributed by atoms with Gasteiger partial charge in [-0.1, -0.05) is 12.0 Å². The van der Waals surface area contributed by atoms with E-state index in [4.69, 9.17) is 6.42 Å². The third-order valence-electron chi connectivity index (χ3n) is 3.28. The Morgan fingerprint density at radius 1 is 1.05 bits per heavy atom. The lowest BCUT2D eigenvalue weighted by atomic mass is 10.1. The summed E-state index contributed by atoms with van der Waals surface area (Å²) in [6.07, 6.45) is 5.31. The fraction of sp³-hybridized carbons (Fsp3) is 0.333. The minimum absolute atomic E-state index is 0.560. The van der Waals surface area contributed by atoms with Crippen molar-refractivity contribution in [3.63, 3.8) is 0 Å². The number of anilines is 1. The summed E-state index contributed by atoms with van der Waals surface area (Å²) in [4.78, 5) is 4.29. The smallest absolute Gasteiger partial charge is 0.101 e. The van der Waals surface area contributed by atoms with Gasteiger partial charge in [-0.25, -0.2) is 0 Å². The van der Waals surface area contributed by atoms with E-state index in [-0.39, 0.29) is 0 Å². The van der Waals surface area contributed by atoms with Gasteiger partial charge in [-0.2, -0.15) is 10.5 Å². The van der Waals surface area contributed by atoms with Crippen LogP contribution in [0.3, 0.4) is 0 Å². The van der Waals surface area contributed by atoms with Crippen LogP contribution in [0.4, 0.5) is 5.69 Å². The molecule has 2 rings (SSSR count). The van der Waals surface area contributed by atoms with Crippen molar-refractivity contribution in [2.75, 3.05) is 37.6 Å². The standard InChI is InChI=1S/C15H14N4/c1-2-6-18-7-9-19(10-8-18)15-13(11-16)4-3-5-14(15)12-17/h1,3-5H,6-10H2. The second-order valence-electron chi connectivity index (χ2n) is 4.39. The number of hydrogen-bond acceptors (Lipinski definition) is 4. The van der Waals surface area contributed by atoms with Crippen LogP contribution in [0.25, 0.3) is 0 Å². The van der Waals surface area contributed by atoms with Gasteiger partial charge >= 0.3 is 0 Å². The van der Waals surface area contributed by atoms with E-state index in [1.54, 1.807) is 18.2 Å². The first-order valence-electron chi connectivity index (χ1n) is 6.14. The number of nitriles is 2. The van der Waals surface area contributed by atoms with Crippen molar-refractivity contribution in [2.24, 2.45) is 0 Å². The number of terminal acetylenes is 1. The molecule has 1 saturated heterocycles. The molecular formula is C15H14N4. The number of nitrogens with zero attached hydrogens (tertiary/aromatic N) is 4. The van der Waals surface area contributed by atoms with Crippen LogP contribution in [0.5, 0.6) is 0 Å². The van der Waals surface area contributed by atoms with E-state index >= 15 is 0 Å². The van der Waals surface area contributed by atoms with Gasteiger partial charge in [-0.15, -0.1) is 6.42 Å². The Hall–Kier alpha value is -2.48. The van der Waals surface area contributed by atoms with Crippen LogP contribution in [0.15, 0.2) is 18.2 Å². The average molecular weight is 250 g/mol. The molecular weight excluding hydrogens is 236 g/mol. The van der Waals surface area contributed by atoms with Gasteiger partial charge in [0.25, 0.3) is 0 Å². The monoisotopic (exact) mass is 250 g/mol. The maximum absolute atomic E-state index is 9.18. The van der Waals surface area contributed by atoms with E-state index in [2.05, 4.69) is 27.9 Å². The molecule has 0 bridgehead atoms. The molecule has 0 aliphatic carbocycles. The van der Waals surface area contributed by atoms with E-state index in [9.17, 15) is 10.5 Å². The molecule has 1 aromatic rings. The molecule has 0 amide bonds. The summed E-state index contributed by atoms with van der Waals surface area (Å²) in [6, 6.07) is 9.58. The van der Waals surface area contributed by atoms with E-state index < -0.39 is 0 Å². The van der Waals surface area contributed by atoms with Gasteiger partial charge in [0.1, 0.15) is 12.1 Å². The molecule has 4 nitrogen and oxygen atoms in total. The molecule has 1 aliphatic heterocycles. The molecule has 19 heavy (non-hydrogen) atoms. The van der Waals surface area contributed by atoms with Crippen LogP contribution >= 0.6 is 0 Å². The second kappa shape index (κ2) is 5.91. The minimum Gasteiger partial charge on any atom is -0.367 e. The van der Waals surface area contributed by atoms with Crippen molar-refractivity contribution in [3.8, 4) is 24.5 Å². The van der Waals surface area contributed by atoms with Gasteiger partial charge < -0.3 is 4.90 Å². The fourth-order valence-corrected chi connectivity index (χ4v) is 2.32. The predicted octanol–water partition coefficient (Wildman–Crippen LogP) is 1.19. The predicted molar refractivity (Wildman–Crippen MR) is 73.4 cm³/mol. The van der Waals surface area contributed by atoms with E-state index in [1.807, 2.05) is 0 Å². The van der Waals surface area contributed by atoms with Gasteiger partial charge in [0.2, 0.25) is 0 Å². The first-order valence-corrected chi connectivity index (χ1v) is 6.14. The molecule has 1 aliphatic rings. The van der Waals surface area contributed by atoms with Crippen LogP contribution in [0.1, 0.15) is 11.1 Å². The Bertz CT molecular complexity index is 545. The summed E-state index contributed by atoms with van der Waals surface area (Å²) in [5, 5.41) is 18.4. The highest BCUT2D eigenvalue weighted by atomic mass is 15.3. The van der Waals surface area contributed by atoms with Gasteiger partial charge in [0.15, 0.2) is 0 Å². The maximum Gasteiger partial charge on any atom is 0.101 e. The zero-order valence-corrected chi connectivity index (χ0v) is 10.6. The Kier molecular flexibility index (Phi) is 4.04. The molecule has 0 saturated carbocycles. The SMILES string of the molecule is C#CCN1CCN(c2c(C#N)cccc2C#N)CC1. The Labute approximate surface area is 113 Å². The van der Waals surface area contributed by atoms with Gasteiger partial charge in [-0.3, -0.25) is 4.90 Å². The Morgan fingerprint density at radius 3 is 2.11 bits per heavy atom.